The van der Waals surface area contributed by atoms with Crippen LogP contribution in [0.4, 0.5) is 0 Å². The zero-order chi connectivity index (χ0) is 14.9. The van der Waals surface area contributed by atoms with Gasteiger partial charge in [-0.05, 0) is 26.2 Å². The molecule has 0 unspecified atom stereocenters. The number of rotatable bonds is 6. The predicted octanol–water partition coefficient (Wildman–Crippen LogP) is 4.00. The first-order valence-electron chi connectivity index (χ1n) is 7.52. The molecule has 0 amide bonds. The van der Waals surface area contributed by atoms with Gasteiger partial charge in [0.05, 0.1) is 11.6 Å². The molecule has 0 aliphatic rings. The number of halogens is 1. The smallest absolute Gasteiger partial charge is 0.159 e. The van der Waals surface area contributed by atoms with Crippen molar-refractivity contribution in [1.29, 1.82) is 0 Å². The van der Waals surface area contributed by atoms with E-state index in [1.54, 1.807) is 0 Å². The van der Waals surface area contributed by atoms with Crippen LogP contribution in [-0.4, -0.2) is 19.3 Å². The largest absolute Gasteiger partial charge is 0.306 e. The van der Waals surface area contributed by atoms with Crippen LogP contribution in [0.2, 0.25) is 0 Å². The molecule has 0 saturated carbocycles. The monoisotopic (exact) mass is 296 g/mol. The molecule has 2 aromatic rings. The first-order chi connectivity index (χ1) is 9.52. The molecular formula is C15H25ClN4. The van der Waals surface area contributed by atoms with E-state index in [0.717, 1.165) is 48.4 Å². The minimum absolute atomic E-state index is 0.0379. The maximum absolute atomic E-state index is 6.15. The maximum Gasteiger partial charge on any atom is 0.159 e. The summed E-state index contributed by atoms with van der Waals surface area (Å²) in [5, 5.41) is 4.65. The average molecular weight is 297 g/mol. The third-order valence-electron chi connectivity index (χ3n) is 4.44. The molecule has 0 aromatic carbocycles. The molecule has 0 bridgehead atoms. The van der Waals surface area contributed by atoms with Crippen LogP contribution in [0.1, 0.15) is 58.5 Å². The number of hydrogen-bond donors (Lipinski definition) is 0. The fraction of sp³-hybridized carbons (Fsp3) is 0.733. The van der Waals surface area contributed by atoms with Crippen molar-refractivity contribution in [3.05, 3.63) is 11.5 Å². The highest BCUT2D eigenvalue weighted by Gasteiger charge is 2.30. The number of nitrogens with zero attached hydrogens (tertiary/aromatic N) is 4. The number of aryl methyl sites for hydroxylation is 2. The minimum atomic E-state index is 0.0379. The Morgan fingerprint density at radius 1 is 1.20 bits per heavy atom. The molecule has 0 aliphatic carbocycles. The van der Waals surface area contributed by atoms with E-state index < -0.39 is 0 Å². The standard InChI is InChI=1S/C15H25ClN4/c1-6-9-11-13-14(19(5)18-11)20(12(10-16)17-13)15(4,7-2)8-3/h6-10H2,1-5H3. The van der Waals surface area contributed by atoms with Crippen LogP contribution in [0.15, 0.2) is 0 Å². The summed E-state index contributed by atoms with van der Waals surface area (Å²) in [6.45, 7) is 8.88. The molecule has 5 heteroatoms. The molecule has 112 valence electrons. The molecule has 0 fully saturated rings. The fourth-order valence-corrected chi connectivity index (χ4v) is 3.03. The summed E-state index contributed by atoms with van der Waals surface area (Å²) in [7, 11) is 2.00. The maximum atomic E-state index is 6.15. The van der Waals surface area contributed by atoms with Crippen molar-refractivity contribution in [1.82, 2.24) is 19.3 Å². The highest BCUT2D eigenvalue weighted by molar-refractivity contribution is 6.16. The summed E-state index contributed by atoms with van der Waals surface area (Å²) in [6.07, 6.45) is 4.14. The predicted molar refractivity (Wildman–Crippen MR) is 84.3 cm³/mol. The molecule has 0 radical (unpaired) electrons. The average Bonchev–Trinajstić information content (AvgIpc) is 2.97. The summed E-state index contributed by atoms with van der Waals surface area (Å²) in [5.41, 5.74) is 3.26. The van der Waals surface area contributed by atoms with Crippen molar-refractivity contribution < 1.29 is 0 Å². The topological polar surface area (TPSA) is 35.6 Å². The van der Waals surface area contributed by atoms with E-state index in [1.165, 1.54) is 0 Å². The Kier molecular flexibility index (Phi) is 4.43. The van der Waals surface area contributed by atoms with E-state index in [1.807, 2.05) is 11.7 Å². The van der Waals surface area contributed by atoms with Crippen LogP contribution in [0.3, 0.4) is 0 Å². The van der Waals surface area contributed by atoms with Crippen LogP contribution in [-0.2, 0) is 24.9 Å². The van der Waals surface area contributed by atoms with Crippen LogP contribution in [0.25, 0.3) is 11.2 Å². The van der Waals surface area contributed by atoms with Crippen LogP contribution >= 0.6 is 11.6 Å². The van der Waals surface area contributed by atoms with E-state index in [0.29, 0.717) is 5.88 Å². The zero-order valence-electron chi connectivity index (χ0n) is 13.2. The third kappa shape index (κ3) is 2.24. The van der Waals surface area contributed by atoms with Gasteiger partial charge in [0.2, 0.25) is 0 Å². The zero-order valence-corrected chi connectivity index (χ0v) is 14.0. The van der Waals surface area contributed by atoms with Gasteiger partial charge in [0, 0.05) is 12.6 Å². The van der Waals surface area contributed by atoms with Crippen molar-refractivity contribution in [2.75, 3.05) is 0 Å². The Labute approximate surface area is 126 Å². The molecule has 2 heterocycles. The fourth-order valence-electron chi connectivity index (χ4n) is 2.85. The van der Waals surface area contributed by atoms with Gasteiger partial charge in [-0.3, -0.25) is 4.68 Å². The second kappa shape index (κ2) is 5.76. The van der Waals surface area contributed by atoms with Crippen molar-refractivity contribution in [2.24, 2.45) is 7.05 Å². The first-order valence-corrected chi connectivity index (χ1v) is 8.05. The molecule has 0 saturated heterocycles. The molecular weight excluding hydrogens is 272 g/mol. The Bertz CT molecular complexity index is 593. The minimum Gasteiger partial charge on any atom is -0.306 e. The van der Waals surface area contributed by atoms with E-state index in [2.05, 4.69) is 37.4 Å². The van der Waals surface area contributed by atoms with Gasteiger partial charge in [-0.15, -0.1) is 11.6 Å². The highest BCUT2D eigenvalue weighted by Crippen LogP contribution is 2.32. The van der Waals surface area contributed by atoms with E-state index in [-0.39, 0.29) is 5.54 Å². The van der Waals surface area contributed by atoms with Crippen molar-refractivity contribution >= 4 is 22.8 Å². The van der Waals surface area contributed by atoms with Crippen LogP contribution < -0.4 is 0 Å². The van der Waals surface area contributed by atoms with Gasteiger partial charge in [-0.2, -0.15) is 5.10 Å². The third-order valence-corrected chi connectivity index (χ3v) is 4.68. The Balaban J connectivity index is 2.75. The summed E-state index contributed by atoms with van der Waals surface area (Å²) in [5.74, 6) is 1.40. The van der Waals surface area contributed by atoms with Gasteiger partial charge in [0.1, 0.15) is 11.3 Å². The summed E-state index contributed by atoms with van der Waals surface area (Å²) < 4.78 is 4.27. The second-order valence-corrected chi connectivity index (χ2v) is 5.96. The van der Waals surface area contributed by atoms with Crippen LogP contribution in [0, 0.1) is 0 Å². The number of aromatic nitrogens is 4. The van der Waals surface area contributed by atoms with Crippen molar-refractivity contribution in [3.63, 3.8) is 0 Å². The number of alkyl halides is 1. The quantitative estimate of drug-likeness (QED) is 0.755. The number of hydrogen-bond acceptors (Lipinski definition) is 2. The highest BCUT2D eigenvalue weighted by atomic mass is 35.5. The summed E-state index contributed by atoms with van der Waals surface area (Å²) >= 11 is 6.15. The number of imidazole rings is 1. The van der Waals surface area contributed by atoms with E-state index in [9.17, 15) is 0 Å². The molecule has 20 heavy (non-hydrogen) atoms. The molecule has 4 nitrogen and oxygen atoms in total. The first kappa shape index (κ1) is 15.4. The molecule has 0 aliphatic heterocycles. The lowest BCUT2D eigenvalue weighted by molar-refractivity contribution is 0.292. The van der Waals surface area contributed by atoms with Gasteiger partial charge < -0.3 is 4.57 Å². The van der Waals surface area contributed by atoms with Gasteiger partial charge in [0.15, 0.2) is 5.65 Å². The van der Waals surface area contributed by atoms with Gasteiger partial charge in [-0.25, -0.2) is 4.98 Å². The van der Waals surface area contributed by atoms with Gasteiger partial charge in [-0.1, -0.05) is 27.2 Å². The van der Waals surface area contributed by atoms with Crippen molar-refractivity contribution in [3.8, 4) is 0 Å². The SMILES string of the molecule is CCCc1nn(C)c2c1nc(CCl)n2C(C)(CC)CC. The molecule has 2 aromatic heterocycles. The molecule has 0 N–H and O–H groups in total. The van der Waals surface area contributed by atoms with Gasteiger partial charge in [0.25, 0.3) is 0 Å². The molecule has 2 rings (SSSR count). The summed E-state index contributed by atoms with van der Waals surface area (Å²) in [6, 6.07) is 0. The second-order valence-electron chi connectivity index (χ2n) is 5.69. The lowest BCUT2D eigenvalue weighted by Crippen LogP contribution is -2.30. The van der Waals surface area contributed by atoms with Crippen LogP contribution in [0.5, 0.6) is 0 Å². The normalized spacial score (nSPS) is 12.5. The summed E-state index contributed by atoms with van der Waals surface area (Å²) in [4.78, 5) is 4.78. The Morgan fingerprint density at radius 2 is 1.85 bits per heavy atom. The van der Waals surface area contributed by atoms with E-state index in [4.69, 9.17) is 16.6 Å². The Hall–Kier alpha value is -1.03. The van der Waals surface area contributed by atoms with Crippen molar-refractivity contribution in [2.45, 2.75) is 64.8 Å². The number of fused-ring (bicyclic) bond motifs is 1. The lowest BCUT2D eigenvalue weighted by atomic mass is 9.95. The molecule has 0 atom stereocenters. The molecule has 0 spiro atoms. The lowest BCUT2D eigenvalue weighted by Gasteiger charge is -2.31. The van der Waals surface area contributed by atoms with E-state index >= 15 is 0 Å². The van der Waals surface area contributed by atoms with Gasteiger partial charge >= 0.3 is 0 Å². The Morgan fingerprint density at radius 3 is 2.35 bits per heavy atom.